The summed E-state index contributed by atoms with van der Waals surface area (Å²) in [6, 6.07) is 4.71. The first-order valence-electron chi connectivity index (χ1n) is 6.89. The van der Waals surface area contributed by atoms with Crippen molar-refractivity contribution in [3.63, 3.8) is 0 Å². The fraction of sp³-hybridized carbons (Fsp3) is 0.333. The predicted octanol–water partition coefficient (Wildman–Crippen LogP) is 3.11. The molecule has 2 rings (SSSR count). The highest BCUT2D eigenvalue weighted by molar-refractivity contribution is 5.94. The van der Waals surface area contributed by atoms with E-state index in [9.17, 15) is 18.0 Å². The van der Waals surface area contributed by atoms with Gasteiger partial charge < -0.3 is 10.6 Å². The third-order valence-electron chi connectivity index (χ3n) is 3.42. The van der Waals surface area contributed by atoms with E-state index in [-0.39, 0.29) is 18.1 Å². The van der Waals surface area contributed by atoms with Gasteiger partial charge in [0.1, 0.15) is 0 Å². The Morgan fingerprint density at radius 2 is 2.00 bits per heavy atom. The highest BCUT2D eigenvalue weighted by Crippen LogP contribution is 2.30. The number of halogens is 3. The van der Waals surface area contributed by atoms with Crippen LogP contribution >= 0.6 is 0 Å². The molecule has 0 unspecified atom stereocenters. The smallest absolute Gasteiger partial charge is 0.376 e. The average molecular weight is 326 g/mol. The molecule has 23 heavy (non-hydrogen) atoms. The van der Waals surface area contributed by atoms with Gasteiger partial charge in [-0.05, 0) is 32.0 Å². The van der Waals surface area contributed by atoms with Gasteiger partial charge in [0.25, 0.3) is 0 Å². The monoisotopic (exact) mass is 326 g/mol. The minimum atomic E-state index is -4.41. The molecule has 2 aromatic rings. The summed E-state index contributed by atoms with van der Waals surface area (Å²) in [6.45, 7) is 3.44. The van der Waals surface area contributed by atoms with E-state index in [1.54, 1.807) is 18.7 Å². The molecule has 0 aliphatic heterocycles. The average Bonchev–Trinajstić information content (AvgIpc) is 2.71. The van der Waals surface area contributed by atoms with Crippen LogP contribution in [0.2, 0.25) is 0 Å². The van der Waals surface area contributed by atoms with E-state index in [1.807, 2.05) is 6.92 Å². The van der Waals surface area contributed by atoms with E-state index >= 15 is 0 Å². The fourth-order valence-electron chi connectivity index (χ4n) is 2.13. The highest BCUT2D eigenvalue weighted by Gasteiger charge is 2.30. The number of nitrogens with one attached hydrogen (secondary N) is 2. The molecule has 0 saturated heterocycles. The molecule has 0 aliphatic rings. The highest BCUT2D eigenvalue weighted by atomic mass is 19.4. The van der Waals surface area contributed by atoms with Crippen molar-refractivity contribution >= 4 is 17.3 Å². The topological polar surface area (TPSA) is 59.0 Å². The maximum absolute atomic E-state index is 12.6. The summed E-state index contributed by atoms with van der Waals surface area (Å²) in [5.41, 5.74) is 1.56. The lowest BCUT2D eigenvalue weighted by atomic mass is 10.2. The van der Waals surface area contributed by atoms with Gasteiger partial charge in [-0.3, -0.25) is 9.48 Å². The molecule has 0 aliphatic carbocycles. The lowest BCUT2D eigenvalue weighted by molar-refractivity contribution is -0.137. The number of carbonyl (C=O) groups is 1. The van der Waals surface area contributed by atoms with Crippen molar-refractivity contribution in [1.29, 1.82) is 0 Å². The molecule has 1 heterocycles. The van der Waals surface area contributed by atoms with Crippen LogP contribution in [0.4, 0.5) is 24.5 Å². The van der Waals surface area contributed by atoms with Gasteiger partial charge >= 0.3 is 6.18 Å². The molecule has 1 aromatic heterocycles. The Labute approximate surface area is 131 Å². The second-order valence-electron chi connectivity index (χ2n) is 5.15. The van der Waals surface area contributed by atoms with Gasteiger partial charge in [-0.15, -0.1) is 0 Å². The van der Waals surface area contributed by atoms with E-state index in [2.05, 4.69) is 15.7 Å². The van der Waals surface area contributed by atoms with Gasteiger partial charge in [0.05, 0.1) is 29.2 Å². The van der Waals surface area contributed by atoms with Crippen LogP contribution in [0.3, 0.4) is 0 Å². The van der Waals surface area contributed by atoms with Crippen molar-refractivity contribution in [2.24, 2.45) is 7.05 Å². The number of rotatable bonds is 4. The van der Waals surface area contributed by atoms with Gasteiger partial charge in [0.2, 0.25) is 5.91 Å². The first kappa shape index (κ1) is 16.9. The molecule has 5 nitrogen and oxygen atoms in total. The number of alkyl halides is 3. The summed E-state index contributed by atoms with van der Waals surface area (Å²) in [5, 5.41) is 9.57. The van der Waals surface area contributed by atoms with Crippen molar-refractivity contribution in [2.45, 2.75) is 20.0 Å². The molecule has 0 atom stereocenters. The molecular weight excluding hydrogens is 309 g/mol. The summed E-state index contributed by atoms with van der Waals surface area (Å²) < 4.78 is 39.5. The van der Waals surface area contributed by atoms with E-state index in [0.717, 1.165) is 17.8 Å². The van der Waals surface area contributed by atoms with Gasteiger partial charge in [0.15, 0.2) is 0 Å². The Kier molecular flexibility index (Phi) is 4.63. The number of nitrogens with zero attached hydrogens (tertiary/aromatic N) is 2. The van der Waals surface area contributed by atoms with Crippen LogP contribution < -0.4 is 10.6 Å². The summed E-state index contributed by atoms with van der Waals surface area (Å²) in [5.74, 6) is -0.360. The Balaban J connectivity index is 2.00. The quantitative estimate of drug-likeness (QED) is 0.908. The van der Waals surface area contributed by atoms with Crippen LogP contribution in [0.15, 0.2) is 24.3 Å². The molecule has 0 radical (unpaired) electrons. The summed E-state index contributed by atoms with van der Waals surface area (Å²) in [7, 11) is 1.76. The Morgan fingerprint density at radius 1 is 1.30 bits per heavy atom. The molecule has 124 valence electrons. The Bertz CT molecular complexity index is 722. The minimum Gasteiger partial charge on any atom is -0.376 e. The maximum atomic E-state index is 12.6. The van der Waals surface area contributed by atoms with Crippen LogP contribution in [0.25, 0.3) is 0 Å². The number of carbonyl (C=O) groups excluding carboxylic acids is 1. The number of benzene rings is 1. The zero-order chi connectivity index (χ0) is 17.2. The second-order valence-corrected chi connectivity index (χ2v) is 5.15. The van der Waals surface area contributed by atoms with Crippen molar-refractivity contribution < 1.29 is 18.0 Å². The molecule has 1 aromatic carbocycles. The molecule has 1 amide bonds. The molecule has 2 N–H and O–H groups in total. The van der Waals surface area contributed by atoms with Crippen molar-refractivity contribution in [3.8, 4) is 0 Å². The molecular formula is C15H17F3N4O. The number of hydrogen-bond donors (Lipinski definition) is 2. The molecule has 8 heteroatoms. The first-order chi connectivity index (χ1) is 10.7. The number of anilines is 2. The number of hydrogen-bond acceptors (Lipinski definition) is 3. The molecule has 0 fully saturated rings. The summed E-state index contributed by atoms with van der Waals surface area (Å²) in [4.78, 5) is 11.9. The van der Waals surface area contributed by atoms with Crippen LogP contribution in [0, 0.1) is 13.8 Å². The largest absolute Gasteiger partial charge is 0.416 e. The lowest BCUT2D eigenvalue weighted by Crippen LogP contribution is -2.22. The first-order valence-corrected chi connectivity index (χ1v) is 6.89. The fourth-order valence-corrected chi connectivity index (χ4v) is 2.13. The second kappa shape index (κ2) is 6.31. The maximum Gasteiger partial charge on any atom is 0.416 e. The molecule has 0 saturated carbocycles. The van der Waals surface area contributed by atoms with Gasteiger partial charge in [-0.2, -0.15) is 18.3 Å². The number of amides is 1. The number of aryl methyl sites for hydroxylation is 2. The summed E-state index contributed by atoms with van der Waals surface area (Å²) in [6.07, 6.45) is -4.41. The van der Waals surface area contributed by atoms with E-state index in [4.69, 9.17) is 0 Å². The van der Waals surface area contributed by atoms with Crippen LogP contribution in [0.5, 0.6) is 0 Å². The Hall–Kier alpha value is -2.51. The minimum absolute atomic E-state index is 0.144. The summed E-state index contributed by atoms with van der Waals surface area (Å²) >= 11 is 0. The Morgan fingerprint density at radius 3 is 2.57 bits per heavy atom. The molecule has 0 bridgehead atoms. The van der Waals surface area contributed by atoms with E-state index in [1.165, 1.54) is 12.1 Å². The number of aromatic nitrogens is 2. The molecule has 0 spiro atoms. The standard InChI is InChI=1S/C15H17F3N4O/c1-9-14(10(2)22(3)21-9)20-13(23)8-19-12-6-4-5-11(7-12)15(16,17)18/h4-7,19H,8H2,1-3H3,(H,20,23). The van der Waals surface area contributed by atoms with Gasteiger partial charge in [0, 0.05) is 12.7 Å². The normalized spacial score (nSPS) is 11.4. The third-order valence-corrected chi connectivity index (χ3v) is 3.42. The van der Waals surface area contributed by atoms with E-state index < -0.39 is 11.7 Å². The van der Waals surface area contributed by atoms with Crippen molar-refractivity contribution in [3.05, 3.63) is 41.2 Å². The van der Waals surface area contributed by atoms with Crippen molar-refractivity contribution in [1.82, 2.24) is 9.78 Å². The van der Waals surface area contributed by atoms with Crippen LogP contribution in [-0.4, -0.2) is 22.2 Å². The zero-order valence-electron chi connectivity index (χ0n) is 13.0. The zero-order valence-corrected chi connectivity index (χ0v) is 13.0. The predicted molar refractivity (Wildman–Crippen MR) is 81.2 cm³/mol. The SMILES string of the molecule is Cc1nn(C)c(C)c1NC(=O)CNc1cccc(C(F)(F)F)c1. The van der Waals surface area contributed by atoms with Gasteiger partial charge in [-0.1, -0.05) is 6.07 Å². The van der Waals surface area contributed by atoms with Gasteiger partial charge in [-0.25, -0.2) is 0 Å². The van der Waals surface area contributed by atoms with Crippen molar-refractivity contribution in [2.75, 3.05) is 17.2 Å². The lowest BCUT2D eigenvalue weighted by Gasteiger charge is -2.11. The van der Waals surface area contributed by atoms with Crippen LogP contribution in [-0.2, 0) is 18.0 Å². The van der Waals surface area contributed by atoms with Crippen LogP contribution in [0.1, 0.15) is 17.0 Å². The third kappa shape index (κ3) is 4.02. The van der Waals surface area contributed by atoms with E-state index in [0.29, 0.717) is 11.4 Å².